The molecule has 0 N–H and O–H groups in total. The number of rotatable bonds is 2. The lowest BCUT2D eigenvalue weighted by Crippen LogP contribution is -2.15. The van der Waals surface area contributed by atoms with Gasteiger partial charge in [-0.2, -0.15) is 0 Å². The lowest BCUT2D eigenvalue weighted by atomic mass is 9.87. The van der Waals surface area contributed by atoms with Gasteiger partial charge in [-0.05, 0) is 22.6 Å². The molecule has 2 heteroatoms. The van der Waals surface area contributed by atoms with Gasteiger partial charge < -0.3 is 4.40 Å². The van der Waals surface area contributed by atoms with Gasteiger partial charge in [0.15, 0.2) is 0 Å². The summed E-state index contributed by atoms with van der Waals surface area (Å²) in [5.41, 5.74) is 4.98. The molecule has 0 radical (unpaired) electrons. The molecule has 3 aromatic rings. The number of nitrogens with zero attached hydrogens (tertiary/aromatic N) is 2. The van der Waals surface area contributed by atoms with Crippen LogP contribution in [0, 0.1) is 5.41 Å². The first-order chi connectivity index (χ1) is 11.7. The van der Waals surface area contributed by atoms with E-state index in [1.165, 1.54) is 16.7 Å². The van der Waals surface area contributed by atoms with Crippen molar-refractivity contribution in [2.24, 2.45) is 5.41 Å². The van der Waals surface area contributed by atoms with Gasteiger partial charge in [0.25, 0.3) is 0 Å². The van der Waals surface area contributed by atoms with Gasteiger partial charge >= 0.3 is 0 Å². The average molecular weight is 332 g/mol. The number of pyridine rings is 1. The third-order valence-electron chi connectivity index (χ3n) is 4.19. The van der Waals surface area contributed by atoms with Crippen LogP contribution in [-0.4, -0.2) is 9.38 Å². The molecular formula is C23H28N2. The molecule has 0 aliphatic rings. The van der Waals surface area contributed by atoms with E-state index in [0.29, 0.717) is 0 Å². The smallest absolute Gasteiger partial charge is 0.118 e. The van der Waals surface area contributed by atoms with Gasteiger partial charge in [0.1, 0.15) is 5.82 Å². The molecular weight excluding hydrogens is 304 g/mol. The van der Waals surface area contributed by atoms with Gasteiger partial charge in [-0.3, -0.25) is 0 Å². The van der Waals surface area contributed by atoms with Crippen LogP contribution in [0.5, 0.6) is 0 Å². The zero-order valence-electron chi connectivity index (χ0n) is 16.2. The van der Waals surface area contributed by atoms with Crippen molar-refractivity contribution < 1.29 is 0 Å². The van der Waals surface area contributed by atoms with E-state index in [9.17, 15) is 0 Å². The summed E-state index contributed by atoms with van der Waals surface area (Å²) in [6.45, 7) is 13.3. The first-order valence-corrected chi connectivity index (χ1v) is 8.92. The number of fused-ring (bicyclic) bond motifs is 1. The number of hydrogen-bond acceptors (Lipinski definition) is 1. The van der Waals surface area contributed by atoms with Gasteiger partial charge in [0.2, 0.25) is 0 Å². The molecule has 0 aliphatic heterocycles. The molecule has 3 rings (SSSR count). The second-order valence-corrected chi connectivity index (χ2v) is 8.80. The maximum absolute atomic E-state index is 4.74. The van der Waals surface area contributed by atoms with Crippen molar-refractivity contribution in [2.45, 2.75) is 47.0 Å². The fourth-order valence-electron chi connectivity index (χ4n) is 3.17. The quantitative estimate of drug-likeness (QED) is 0.553. The molecule has 0 saturated heterocycles. The Balaban J connectivity index is 2.28. The Morgan fingerprint density at radius 2 is 1.60 bits per heavy atom. The molecule has 1 aromatic carbocycles. The van der Waals surface area contributed by atoms with Crippen LogP contribution in [0.3, 0.4) is 0 Å². The Morgan fingerprint density at radius 3 is 2.20 bits per heavy atom. The summed E-state index contributed by atoms with van der Waals surface area (Å²) in [6, 6.07) is 15.0. The van der Waals surface area contributed by atoms with E-state index >= 15 is 0 Å². The van der Waals surface area contributed by atoms with Gasteiger partial charge in [-0.15, -0.1) is 0 Å². The van der Waals surface area contributed by atoms with E-state index in [-0.39, 0.29) is 10.8 Å². The minimum Gasteiger partial charge on any atom is -0.303 e. The fourth-order valence-corrected chi connectivity index (χ4v) is 3.17. The topological polar surface area (TPSA) is 17.3 Å². The second-order valence-electron chi connectivity index (χ2n) is 8.80. The molecule has 0 aliphatic carbocycles. The summed E-state index contributed by atoms with van der Waals surface area (Å²) >= 11 is 0. The van der Waals surface area contributed by atoms with Gasteiger partial charge in [-0.1, -0.05) is 84.0 Å². The third-order valence-corrected chi connectivity index (χ3v) is 4.19. The van der Waals surface area contributed by atoms with Gasteiger partial charge in [0.05, 0.1) is 11.7 Å². The minimum absolute atomic E-state index is 0.00565. The molecule has 2 aromatic heterocycles. The summed E-state index contributed by atoms with van der Waals surface area (Å²) in [4.78, 5) is 4.74. The first kappa shape index (κ1) is 17.5. The average Bonchev–Trinajstić information content (AvgIpc) is 2.97. The SMILES string of the molecule is CC(C)(C)/C=C(\c1ccccc1)c1cccn2c(C(C)(C)C)ncc12. The zero-order valence-corrected chi connectivity index (χ0v) is 16.2. The molecule has 130 valence electrons. The van der Waals surface area contributed by atoms with Crippen molar-refractivity contribution in [1.82, 2.24) is 9.38 Å². The highest BCUT2D eigenvalue weighted by atomic mass is 15.0. The van der Waals surface area contributed by atoms with E-state index in [1.54, 1.807) is 0 Å². The number of benzene rings is 1. The van der Waals surface area contributed by atoms with Crippen LogP contribution in [0.4, 0.5) is 0 Å². The maximum atomic E-state index is 4.74. The van der Waals surface area contributed by atoms with E-state index in [0.717, 1.165) is 11.3 Å². The molecule has 0 fully saturated rings. The number of imidazole rings is 1. The fraction of sp³-hybridized carbons (Fsp3) is 0.348. The van der Waals surface area contributed by atoms with Crippen molar-refractivity contribution in [2.75, 3.05) is 0 Å². The molecule has 2 heterocycles. The minimum atomic E-state index is 0.00565. The van der Waals surface area contributed by atoms with Crippen molar-refractivity contribution >= 4 is 11.1 Å². The van der Waals surface area contributed by atoms with Crippen LogP contribution in [0.1, 0.15) is 58.5 Å². The summed E-state index contributed by atoms with van der Waals surface area (Å²) in [6.07, 6.45) is 6.49. The monoisotopic (exact) mass is 332 g/mol. The highest BCUT2D eigenvalue weighted by Crippen LogP contribution is 2.33. The second kappa shape index (κ2) is 6.18. The summed E-state index contributed by atoms with van der Waals surface area (Å²) in [5, 5.41) is 0. The molecule has 2 nitrogen and oxygen atoms in total. The standard InChI is InChI=1S/C23H28N2/c1-22(2,3)15-19(17-11-8-7-9-12-17)18-13-10-14-25-20(18)16-24-21(25)23(4,5)6/h7-16H,1-6H3/b19-15+. The highest BCUT2D eigenvalue weighted by molar-refractivity contribution is 5.87. The Hall–Kier alpha value is -2.35. The van der Waals surface area contributed by atoms with Crippen LogP contribution >= 0.6 is 0 Å². The summed E-state index contributed by atoms with van der Waals surface area (Å²) < 4.78 is 2.23. The van der Waals surface area contributed by atoms with Crippen molar-refractivity contribution in [3.05, 3.63) is 77.9 Å². The van der Waals surface area contributed by atoms with E-state index in [1.807, 2.05) is 6.20 Å². The zero-order chi connectivity index (χ0) is 18.2. The van der Waals surface area contributed by atoms with Crippen LogP contribution in [0.2, 0.25) is 0 Å². The predicted octanol–water partition coefficient (Wildman–Crippen LogP) is 6.11. The van der Waals surface area contributed by atoms with Gasteiger partial charge in [-0.25, -0.2) is 4.98 Å². The molecule has 0 unspecified atom stereocenters. The van der Waals surface area contributed by atoms with Crippen LogP contribution < -0.4 is 0 Å². The Bertz CT molecular complexity index is 901. The molecule has 0 spiro atoms. The van der Waals surface area contributed by atoms with Crippen molar-refractivity contribution in [3.63, 3.8) is 0 Å². The van der Waals surface area contributed by atoms with E-state index in [4.69, 9.17) is 4.98 Å². The predicted molar refractivity (Wildman–Crippen MR) is 107 cm³/mol. The van der Waals surface area contributed by atoms with Crippen LogP contribution in [-0.2, 0) is 5.41 Å². The number of allylic oxidation sites excluding steroid dienone is 1. The molecule has 0 atom stereocenters. The van der Waals surface area contributed by atoms with E-state index in [2.05, 4.69) is 101 Å². The van der Waals surface area contributed by atoms with Crippen LogP contribution in [0.15, 0.2) is 60.9 Å². The molecule has 0 saturated carbocycles. The largest absolute Gasteiger partial charge is 0.303 e. The Kier molecular flexibility index (Phi) is 4.32. The number of hydrogen-bond donors (Lipinski definition) is 0. The number of aromatic nitrogens is 2. The van der Waals surface area contributed by atoms with Crippen molar-refractivity contribution in [3.8, 4) is 0 Å². The van der Waals surface area contributed by atoms with E-state index < -0.39 is 0 Å². The Labute approximate surface area is 151 Å². The summed E-state index contributed by atoms with van der Waals surface area (Å²) in [7, 11) is 0. The normalized spacial score (nSPS) is 13.4. The molecule has 0 amide bonds. The lowest BCUT2D eigenvalue weighted by molar-refractivity contribution is 0.542. The summed E-state index contributed by atoms with van der Waals surface area (Å²) in [5.74, 6) is 1.09. The van der Waals surface area contributed by atoms with Crippen molar-refractivity contribution in [1.29, 1.82) is 0 Å². The highest BCUT2D eigenvalue weighted by Gasteiger charge is 2.21. The molecule has 0 bridgehead atoms. The molecule has 25 heavy (non-hydrogen) atoms. The van der Waals surface area contributed by atoms with Gasteiger partial charge in [0, 0.05) is 17.2 Å². The maximum Gasteiger partial charge on any atom is 0.118 e. The lowest BCUT2D eigenvalue weighted by Gasteiger charge is -2.20. The van der Waals surface area contributed by atoms with Crippen LogP contribution in [0.25, 0.3) is 11.1 Å². The Morgan fingerprint density at radius 1 is 0.920 bits per heavy atom. The first-order valence-electron chi connectivity index (χ1n) is 8.92. The third kappa shape index (κ3) is 3.68.